The highest BCUT2D eigenvalue weighted by Crippen LogP contribution is 2.23. The van der Waals surface area contributed by atoms with Crippen molar-refractivity contribution in [1.82, 2.24) is 4.98 Å². The Morgan fingerprint density at radius 1 is 1.33 bits per heavy atom. The van der Waals surface area contributed by atoms with E-state index in [0.29, 0.717) is 10.2 Å². The van der Waals surface area contributed by atoms with Crippen LogP contribution in [0.5, 0.6) is 0 Å². The van der Waals surface area contributed by atoms with Crippen molar-refractivity contribution in [2.45, 2.75) is 0 Å². The molecule has 0 bridgehead atoms. The number of hydrogen-bond acceptors (Lipinski definition) is 3. The number of carboxylic acids is 1. The van der Waals surface area contributed by atoms with Crippen molar-refractivity contribution in [3.63, 3.8) is 0 Å². The molecule has 0 radical (unpaired) electrons. The van der Waals surface area contributed by atoms with Gasteiger partial charge in [0.15, 0.2) is 0 Å². The van der Waals surface area contributed by atoms with Crippen molar-refractivity contribution >= 4 is 33.3 Å². The molecule has 0 spiro atoms. The van der Waals surface area contributed by atoms with Gasteiger partial charge in [-0.1, -0.05) is 15.9 Å². The van der Waals surface area contributed by atoms with E-state index in [2.05, 4.69) is 26.2 Å². The third-order valence-corrected chi connectivity index (χ3v) is 2.68. The van der Waals surface area contributed by atoms with Gasteiger partial charge in [-0.05, 0) is 30.3 Å². The summed E-state index contributed by atoms with van der Waals surface area (Å²) in [4.78, 5) is 14.4. The molecule has 1 aromatic carbocycles. The van der Waals surface area contributed by atoms with Gasteiger partial charge in [0.2, 0.25) is 0 Å². The van der Waals surface area contributed by atoms with E-state index >= 15 is 0 Å². The summed E-state index contributed by atoms with van der Waals surface area (Å²) in [7, 11) is 0. The van der Waals surface area contributed by atoms with E-state index in [1.54, 1.807) is 18.2 Å². The fraction of sp³-hybridized carbons (Fsp3) is 0. The second-order valence-corrected chi connectivity index (χ2v) is 4.40. The van der Waals surface area contributed by atoms with Crippen molar-refractivity contribution in [2.24, 2.45) is 0 Å². The summed E-state index contributed by atoms with van der Waals surface area (Å²) in [5.74, 6) is -1.56. The lowest BCUT2D eigenvalue weighted by atomic mass is 10.2. The number of hydrogen-bond donors (Lipinski definition) is 2. The predicted molar refractivity (Wildman–Crippen MR) is 68.6 cm³/mol. The van der Waals surface area contributed by atoms with Crippen molar-refractivity contribution in [2.75, 3.05) is 5.32 Å². The van der Waals surface area contributed by atoms with E-state index in [4.69, 9.17) is 5.11 Å². The van der Waals surface area contributed by atoms with Gasteiger partial charge in [-0.25, -0.2) is 14.2 Å². The number of pyridine rings is 1. The quantitative estimate of drug-likeness (QED) is 0.911. The van der Waals surface area contributed by atoms with Crippen LogP contribution in [-0.4, -0.2) is 16.1 Å². The number of aromatic carboxylic acids is 1. The Labute approximate surface area is 111 Å². The van der Waals surface area contributed by atoms with Crippen LogP contribution in [0.15, 0.2) is 41.0 Å². The molecule has 1 aromatic heterocycles. The standard InChI is InChI=1S/C12H8BrFN2O2/c13-7-1-2-10(9(14)5-7)16-8-3-4-15-11(6-8)12(17)18/h1-6H,(H,15,16)(H,17,18). The third kappa shape index (κ3) is 2.84. The highest BCUT2D eigenvalue weighted by atomic mass is 79.9. The van der Waals surface area contributed by atoms with Crippen LogP contribution < -0.4 is 5.32 Å². The minimum absolute atomic E-state index is 0.0995. The van der Waals surface area contributed by atoms with Crippen LogP contribution in [0.3, 0.4) is 0 Å². The summed E-state index contributed by atoms with van der Waals surface area (Å²) >= 11 is 3.16. The van der Waals surface area contributed by atoms with Gasteiger partial charge in [-0.2, -0.15) is 0 Å². The topological polar surface area (TPSA) is 62.2 Å². The van der Waals surface area contributed by atoms with Gasteiger partial charge in [-0.3, -0.25) is 0 Å². The number of anilines is 2. The lowest BCUT2D eigenvalue weighted by Crippen LogP contribution is -2.01. The van der Waals surface area contributed by atoms with Crippen LogP contribution in [0.25, 0.3) is 0 Å². The number of carbonyl (C=O) groups is 1. The molecule has 92 valence electrons. The molecule has 6 heteroatoms. The molecule has 0 atom stereocenters. The predicted octanol–water partition coefficient (Wildman–Crippen LogP) is 3.43. The average Bonchev–Trinajstić information content (AvgIpc) is 2.33. The third-order valence-electron chi connectivity index (χ3n) is 2.19. The molecular weight excluding hydrogens is 303 g/mol. The van der Waals surface area contributed by atoms with Crippen LogP contribution in [0.4, 0.5) is 15.8 Å². The van der Waals surface area contributed by atoms with Gasteiger partial charge >= 0.3 is 5.97 Å². The zero-order valence-corrected chi connectivity index (χ0v) is 10.6. The maximum absolute atomic E-state index is 13.6. The van der Waals surface area contributed by atoms with E-state index in [0.717, 1.165) is 0 Å². The van der Waals surface area contributed by atoms with Crippen molar-refractivity contribution < 1.29 is 14.3 Å². The molecule has 2 aromatic rings. The fourth-order valence-electron chi connectivity index (χ4n) is 1.37. The van der Waals surface area contributed by atoms with Crippen LogP contribution in [0.1, 0.15) is 10.5 Å². The van der Waals surface area contributed by atoms with E-state index in [-0.39, 0.29) is 11.4 Å². The van der Waals surface area contributed by atoms with E-state index in [9.17, 15) is 9.18 Å². The van der Waals surface area contributed by atoms with Gasteiger partial charge in [0.05, 0.1) is 5.69 Å². The van der Waals surface area contributed by atoms with E-state index in [1.807, 2.05) is 0 Å². The molecular formula is C12H8BrFN2O2. The molecule has 4 nitrogen and oxygen atoms in total. The van der Waals surface area contributed by atoms with Crippen LogP contribution in [0.2, 0.25) is 0 Å². The molecule has 0 aliphatic rings. The number of benzene rings is 1. The highest BCUT2D eigenvalue weighted by Gasteiger charge is 2.07. The Morgan fingerprint density at radius 3 is 2.78 bits per heavy atom. The number of carboxylic acid groups (broad SMARTS) is 1. The SMILES string of the molecule is O=C(O)c1cc(Nc2ccc(Br)cc2F)ccn1. The first-order chi connectivity index (χ1) is 8.56. The zero-order valence-electron chi connectivity index (χ0n) is 9.02. The van der Waals surface area contributed by atoms with Crippen LogP contribution >= 0.6 is 15.9 Å². The number of aromatic nitrogens is 1. The summed E-state index contributed by atoms with van der Waals surface area (Å²) in [6, 6.07) is 7.46. The smallest absolute Gasteiger partial charge is 0.354 e. The molecule has 0 saturated heterocycles. The lowest BCUT2D eigenvalue weighted by molar-refractivity contribution is 0.0690. The Hall–Kier alpha value is -1.95. The summed E-state index contributed by atoms with van der Waals surface area (Å²) in [6.45, 7) is 0. The first kappa shape index (κ1) is 12.5. The summed E-state index contributed by atoms with van der Waals surface area (Å²) in [5, 5.41) is 11.6. The number of nitrogens with zero attached hydrogens (tertiary/aromatic N) is 1. The van der Waals surface area contributed by atoms with Gasteiger partial charge in [-0.15, -0.1) is 0 Å². The maximum atomic E-state index is 13.6. The zero-order chi connectivity index (χ0) is 13.1. The molecule has 0 unspecified atom stereocenters. The Balaban J connectivity index is 2.28. The van der Waals surface area contributed by atoms with E-state index < -0.39 is 11.8 Å². The first-order valence-corrected chi connectivity index (χ1v) is 5.77. The summed E-state index contributed by atoms with van der Waals surface area (Å²) in [6.07, 6.45) is 1.35. The van der Waals surface area contributed by atoms with Gasteiger partial charge in [0.25, 0.3) is 0 Å². The van der Waals surface area contributed by atoms with Crippen LogP contribution in [0, 0.1) is 5.82 Å². The molecule has 2 N–H and O–H groups in total. The molecule has 1 heterocycles. The Kier molecular flexibility index (Phi) is 3.57. The molecule has 0 amide bonds. The molecule has 0 fully saturated rings. The fourth-order valence-corrected chi connectivity index (χ4v) is 1.70. The highest BCUT2D eigenvalue weighted by molar-refractivity contribution is 9.10. The molecule has 2 rings (SSSR count). The maximum Gasteiger partial charge on any atom is 0.354 e. The molecule has 18 heavy (non-hydrogen) atoms. The van der Waals surface area contributed by atoms with Crippen molar-refractivity contribution in [3.05, 3.63) is 52.5 Å². The number of nitrogens with one attached hydrogen (secondary N) is 1. The Morgan fingerprint density at radius 2 is 2.11 bits per heavy atom. The Bertz CT molecular complexity index is 604. The van der Waals surface area contributed by atoms with Gasteiger partial charge in [0.1, 0.15) is 11.5 Å². The molecule has 0 saturated carbocycles. The van der Waals surface area contributed by atoms with Gasteiger partial charge in [0, 0.05) is 16.4 Å². The minimum atomic E-state index is -1.13. The van der Waals surface area contributed by atoms with Crippen molar-refractivity contribution in [3.8, 4) is 0 Å². The summed E-state index contributed by atoms with van der Waals surface area (Å²) in [5.41, 5.74) is 0.627. The number of rotatable bonds is 3. The van der Waals surface area contributed by atoms with Crippen molar-refractivity contribution in [1.29, 1.82) is 0 Å². The van der Waals surface area contributed by atoms with Gasteiger partial charge < -0.3 is 10.4 Å². The number of halogens is 2. The normalized spacial score (nSPS) is 10.1. The average molecular weight is 311 g/mol. The first-order valence-electron chi connectivity index (χ1n) is 4.97. The summed E-state index contributed by atoms with van der Waals surface area (Å²) < 4.78 is 14.2. The molecule has 0 aliphatic heterocycles. The largest absolute Gasteiger partial charge is 0.477 e. The minimum Gasteiger partial charge on any atom is -0.477 e. The second kappa shape index (κ2) is 5.14. The molecule has 0 aliphatic carbocycles. The van der Waals surface area contributed by atoms with E-state index in [1.165, 1.54) is 18.3 Å². The second-order valence-electron chi connectivity index (χ2n) is 3.48. The monoisotopic (exact) mass is 310 g/mol. The lowest BCUT2D eigenvalue weighted by Gasteiger charge is -2.08. The van der Waals surface area contributed by atoms with Crippen LogP contribution in [-0.2, 0) is 0 Å².